The maximum absolute atomic E-state index is 12.8. The Balaban J connectivity index is 2.01. The number of phenols is 1. The van der Waals surface area contributed by atoms with Crippen molar-refractivity contribution in [2.75, 3.05) is 6.54 Å². The first kappa shape index (κ1) is 18.6. The molecule has 0 radical (unpaired) electrons. The van der Waals surface area contributed by atoms with Crippen molar-refractivity contribution >= 4 is 17.7 Å². The van der Waals surface area contributed by atoms with Crippen LogP contribution < -0.4 is 0 Å². The highest BCUT2D eigenvalue weighted by molar-refractivity contribution is 6.31. The number of aromatic nitrogens is 2. The number of ether oxygens (including phenoxy) is 1. The van der Waals surface area contributed by atoms with Crippen molar-refractivity contribution in [3.05, 3.63) is 46.2 Å². The Kier molecular flexibility index (Phi) is 4.88. The van der Waals surface area contributed by atoms with Crippen LogP contribution in [-0.4, -0.2) is 38.0 Å². The molecule has 140 valence electrons. The first-order chi connectivity index (χ1) is 12.2. The third-order valence-corrected chi connectivity index (χ3v) is 4.69. The zero-order chi connectivity index (χ0) is 19.1. The van der Waals surface area contributed by atoms with Crippen LogP contribution in [0.2, 0.25) is 5.02 Å². The van der Waals surface area contributed by atoms with Crippen molar-refractivity contribution in [3.63, 3.8) is 0 Å². The van der Waals surface area contributed by atoms with Gasteiger partial charge in [0.25, 0.3) is 0 Å². The Morgan fingerprint density at radius 2 is 2.15 bits per heavy atom. The predicted octanol–water partition coefficient (Wildman–Crippen LogP) is 4.09. The SMILES string of the molecule is Cc1cnn(CC2c3c(O)ccc(Cl)c3CCN2C(=O)OC(C)(C)C)c1. The first-order valence-electron chi connectivity index (χ1n) is 8.64. The lowest BCUT2D eigenvalue weighted by Gasteiger charge is -2.38. The van der Waals surface area contributed by atoms with Gasteiger partial charge in [0.15, 0.2) is 0 Å². The van der Waals surface area contributed by atoms with E-state index in [-0.39, 0.29) is 5.75 Å². The molecule has 2 aromatic rings. The van der Waals surface area contributed by atoms with Crippen molar-refractivity contribution in [2.45, 2.75) is 52.3 Å². The lowest BCUT2D eigenvalue weighted by atomic mass is 9.91. The van der Waals surface area contributed by atoms with E-state index in [4.69, 9.17) is 16.3 Å². The molecule has 0 spiro atoms. The molecule has 0 fully saturated rings. The summed E-state index contributed by atoms with van der Waals surface area (Å²) in [4.78, 5) is 14.4. The Morgan fingerprint density at radius 3 is 2.77 bits per heavy atom. The molecular formula is C19H24ClN3O3. The molecule has 0 aliphatic carbocycles. The number of carbonyl (C=O) groups is 1. The third kappa shape index (κ3) is 3.80. The second-order valence-corrected chi connectivity index (χ2v) is 8.05. The Labute approximate surface area is 158 Å². The largest absolute Gasteiger partial charge is 0.508 e. The van der Waals surface area contributed by atoms with Crippen molar-refractivity contribution < 1.29 is 14.6 Å². The molecule has 7 heteroatoms. The van der Waals surface area contributed by atoms with Gasteiger partial charge in [-0.2, -0.15) is 5.10 Å². The number of aryl methyl sites for hydroxylation is 1. The lowest BCUT2D eigenvalue weighted by molar-refractivity contribution is 0.0117. The van der Waals surface area contributed by atoms with Gasteiger partial charge in [0.1, 0.15) is 11.4 Å². The fourth-order valence-corrected chi connectivity index (χ4v) is 3.53. The summed E-state index contributed by atoms with van der Waals surface area (Å²) in [6, 6.07) is 2.85. The summed E-state index contributed by atoms with van der Waals surface area (Å²) in [5.74, 6) is 0.131. The van der Waals surface area contributed by atoms with E-state index in [1.165, 1.54) is 0 Å². The van der Waals surface area contributed by atoms with Gasteiger partial charge in [0, 0.05) is 23.3 Å². The molecule has 1 aromatic carbocycles. The van der Waals surface area contributed by atoms with Crippen LogP contribution in [0.3, 0.4) is 0 Å². The summed E-state index contributed by atoms with van der Waals surface area (Å²) in [6.07, 6.45) is 3.83. The summed E-state index contributed by atoms with van der Waals surface area (Å²) < 4.78 is 7.35. The smallest absolute Gasteiger partial charge is 0.410 e. The van der Waals surface area contributed by atoms with Crippen molar-refractivity contribution in [1.82, 2.24) is 14.7 Å². The van der Waals surface area contributed by atoms with Gasteiger partial charge in [-0.15, -0.1) is 0 Å². The monoisotopic (exact) mass is 377 g/mol. The number of rotatable bonds is 2. The average Bonchev–Trinajstić information content (AvgIpc) is 2.94. The molecule has 1 N–H and O–H groups in total. The number of phenolic OH excluding ortho intramolecular Hbond substituents is 1. The van der Waals surface area contributed by atoms with Crippen molar-refractivity contribution in [1.29, 1.82) is 0 Å². The number of benzene rings is 1. The van der Waals surface area contributed by atoms with Crippen LogP contribution >= 0.6 is 11.6 Å². The summed E-state index contributed by atoms with van der Waals surface area (Å²) in [5, 5.41) is 15.4. The topological polar surface area (TPSA) is 67.6 Å². The quantitative estimate of drug-likeness (QED) is 0.856. The van der Waals surface area contributed by atoms with Crippen LogP contribution in [0.25, 0.3) is 0 Å². The third-order valence-electron chi connectivity index (χ3n) is 4.34. The number of carbonyl (C=O) groups excluding carboxylic acids is 1. The number of hydrogen-bond donors (Lipinski definition) is 1. The molecule has 0 saturated carbocycles. The molecule has 1 amide bonds. The summed E-state index contributed by atoms with van der Waals surface area (Å²) in [5.41, 5.74) is 1.98. The van der Waals surface area contributed by atoms with E-state index in [0.29, 0.717) is 30.1 Å². The minimum atomic E-state index is -0.597. The van der Waals surface area contributed by atoms with E-state index in [9.17, 15) is 9.90 Å². The Morgan fingerprint density at radius 1 is 1.42 bits per heavy atom. The van der Waals surface area contributed by atoms with Gasteiger partial charge in [-0.05, 0) is 57.4 Å². The molecule has 1 aliphatic heterocycles. The fourth-order valence-electron chi connectivity index (χ4n) is 3.27. The lowest BCUT2D eigenvalue weighted by Crippen LogP contribution is -2.44. The van der Waals surface area contributed by atoms with E-state index in [2.05, 4.69) is 5.10 Å². The Hall–Kier alpha value is -2.21. The van der Waals surface area contributed by atoms with Crippen LogP contribution in [-0.2, 0) is 17.7 Å². The van der Waals surface area contributed by atoms with E-state index in [1.54, 1.807) is 27.9 Å². The van der Waals surface area contributed by atoms with Gasteiger partial charge in [-0.25, -0.2) is 4.79 Å². The predicted molar refractivity (Wildman–Crippen MR) is 99.5 cm³/mol. The molecule has 0 bridgehead atoms. The van der Waals surface area contributed by atoms with Crippen LogP contribution in [0, 0.1) is 6.92 Å². The van der Waals surface area contributed by atoms with Crippen LogP contribution in [0.15, 0.2) is 24.5 Å². The minimum Gasteiger partial charge on any atom is -0.508 e. The zero-order valence-electron chi connectivity index (χ0n) is 15.5. The van der Waals surface area contributed by atoms with Crippen LogP contribution in [0.5, 0.6) is 5.75 Å². The molecule has 6 nitrogen and oxygen atoms in total. The van der Waals surface area contributed by atoms with Gasteiger partial charge in [-0.3, -0.25) is 9.58 Å². The molecule has 3 rings (SSSR count). The van der Waals surface area contributed by atoms with Gasteiger partial charge in [0.2, 0.25) is 0 Å². The second kappa shape index (κ2) is 6.83. The van der Waals surface area contributed by atoms with Crippen molar-refractivity contribution in [2.24, 2.45) is 0 Å². The fraction of sp³-hybridized carbons (Fsp3) is 0.474. The highest BCUT2D eigenvalue weighted by Gasteiger charge is 2.36. The van der Waals surface area contributed by atoms with E-state index < -0.39 is 17.7 Å². The number of aromatic hydroxyl groups is 1. The number of hydrogen-bond acceptors (Lipinski definition) is 4. The van der Waals surface area contributed by atoms with Crippen LogP contribution in [0.4, 0.5) is 4.79 Å². The maximum atomic E-state index is 12.8. The number of amides is 1. The molecule has 1 aromatic heterocycles. The van der Waals surface area contributed by atoms with Gasteiger partial charge in [-0.1, -0.05) is 11.6 Å². The maximum Gasteiger partial charge on any atom is 0.410 e. The number of fused-ring (bicyclic) bond motifs is 1. The molecule has 1 aliphatic rings. The molecular weight excluding hydrogens is 354 g/mol. The first-order valence-corrected chi connectivity index (χ1v) is 9.02. The normalized spacial score (nSPS) is 17.1. The number of nitrogens with zero attached hydrogens (tertiary/aromatic N) is 3. The van der Waals surface area contributed by atoms with Gasteiger partial charge < -0.3 is 9.84 Å². The number of halogens is 1. The molecule has 2 heterocycles. The van der Waals surface area contributed by atoms with E-state index in [1.807, 2.05) is 33.9 Å². The van der Waals surface area contributed by atoms with E-state index >= 15 is 0 Å². The molecule has 1 unspecified atom stereocenters. The standard InChI is InChI=1S/C19H24ClN3O3/c1-12-9-21-22(10-12)11-15-17-13(14(20)5-6-16(17)24)7-8-23(15)18(25)26-19(2,3)4/h5-6,9-10,15,24H,7-8,11H2,1-4H3. The van der Waals surface area contributed by atoms with Crippen molar-refractivity contribution in [3.8, 4) is 5.75 Å². The average molecular weight is 378 g/mol. The van der Waals surface area contributed by atoms with Gasteiger partial charge in [0.05, 0.1) is 18.8 Å². The second-order valence-electron chi connectivity index (χ2n) is 7.64. The summed E-state index contributed by atoms with van der Waals surface area (Å²) in [6.45, 7) is 8.34. The van der Waals surface area contributed by atoms with Gasteiger partial charge >= 0.3 is 6.09 Å². The molecule has 0 saturated heterocycles. The Bertz CT molecular complexity index is 826. The molecule has 1 atom stereocenters. The summed E-state index contributed by atoms with van der Waals surface area (Å²) >= 11 is 6.35. The minimum absolute atomic E-state index is 0.131. The molecule has 26 heavy (non-hydrogen) atoms. The van der Waals surface area contributed by atoms with E-state index in [0.717, 1.165) is 11.1 Å². The summed E-state index contributed by atoms with van der Waals surface area (Å²) in [7, 11) is 0. The highest BCUT2D eigenvalue weighted by atomic mass is 35.5. The van der Waals surface area contributed by atoms with Crippen LogP contribution in [0.1, 0.15) is 43.5 Å². The highest BCUT2D eigenvalue weighted by Crippen LogP contribution is 2.40. The zero-order valence-corrected chi connectivity index (χ0v) is 16.2.